The Labute approximate surface area is 173 Å². The number of hydrogen-bond donors (Lipinski definition) is 2. The van der Waals surface area contributed by atoms with E-state index in [0.29, 0.717) is 29.2 Å². The van der Waals surface area contributed by atoms with Gasteiger partial charge in [-0.3, -0.25) is 10.1 Å². The first-order valence-electron chi connectivity index (χ1n) is 9.79. The van der Waals surface area contributed by atoms with Gasteiger partial charge in [-0.2, -0.15) is 0 Å². The van der Waals surface area contributed by atoms with Crippen LogP contribution in [-0.4, -0.2) is 27.2 Å². The number of pyridine rings is 1. The van der Waals surface area contributed by atoms with Crippen LogP contribution >= 0.6 is 11.3 Å². The highest BCUT2D eigenvalue weighted by atomic mass is 32.1. The molecule has 1 aromatic carbocycles. The molecule has 2 heterocycles. The summed E-state index contributed by atoms with van der Waals surface area (Å²) in [7, 11) is 0. The fraction of sp³-hybridized carbons (Fsp3) is 0.333. The molecule has 29 heavy (non-hydrogen) atoms. The Kier molecular flexibility index (Phi) is 6.31. The molecule has 0 spiro atoms. The molecule has 2 N–H and O–H groups in total. The van der Waals surface area contributed by atoms with Crippen molar-refractivity contribution in [3.63, 3.8) is 0 Å². The number of rotatable bonds is 7. The number of benzene rings is 1. The lowest BCUT2D eigenvalue weighted by Crippen LogP contribution is -2.19. The first-order chi connectivity index (χ1) is 14.3. The Hall–Kier alpha value is -3.00. The standard InChI is InChI=1S/C21H23N5O2S/c27-20(25-21-26-24-14-29-21)16-8-11-19(23-13-16)22-12-15-6-9-18(10-7-15)28-17-4-2-1-3-5-17/h6-11,13-14,17H,1-5,12H2,(H,22,23)(H,25,26,27). The van der Waals surface area contributed by atoms with Crippen LogP contribution in [0.2, 0.25) is 0 Å². The van der Waals surface area contributed by atoms with Crippen molar-refractivity contribution in [3.05, 3.63) is 59.2 Å². The van der Waals surface area contributed by atoms with Crippen molar-refractivity contribution in [1.82, 2.24) is 15.2 Å². The fourth-order valence-corrected chi connectivity index (χ4v) is 3.72. The van der Waals surface area contributed by atoms with Crippen LogP contribution in [0.25, 0.3) is 0 Å². The predicted octanol–water partition coefficient (Wildman–Crippen LogP) is 4.51. The number of carbonyl (C=O) groups excluding carboxylic acids is 1. The van der Waals surface area contributed by atoms with Crippen LogP contribution < -0.4 is 15.4 Å². The highest BCUT2D eigenvalue weighted by Gasteiger charge is 2.14. The molecule has 0 atom stereocenters. The Balaban J connectivity index is 1.26. The number of amides is 1. The van der Waals surface area contributed by atoms with E-state index in [2.05, 4.69) is 37.9 Å². The summed E-state index contributed by atoms with van der Waals surface area (Å²) in [4.78, 5) is 16.4. The molecule has 0 unspecified atom stereocenters. The van der Waals surface area contributed by atoms with Gasteiger partial charge in [0.05, 0.1) is 11.7 Å². The molecule has 8 heteroatoms. The monoisotopic (exact) mass is 409 g/mol. The molecule has 0 radical (unpaired) electrons. The van der Waals surface area contributed by atoms with Crippen LogP contribution in [0.4, 0.5) is 10.9 Å². The quantitative estimate of drug-likeness (QED) is 0.597. The van der Waals surface area contributed by atoms with Crippen LogP contribution in [0.1, 0.15) is 48.0 Å². The van der Waals surface area contributed by atoms with Crippen molar-refractivity contribution in [2.24, 2.45) is 0 Å². The van der Waals surface area contributed by atoms with Gasteiger partial charge in [-0.25, -0.2) is 4.98 Å². The van der Waals surface area contributed by atoms with Gasteiger partial charge < -0.3 is 10.1 Å². The maximum atomic E-state index is 12.1. The largest absolute Gasteiger partial charge is 0.490 e. The molecule has 0 bridgehead atoms. The third-order valence-corrected chi connectivity index (χ3v) is 5.46. The minimum atomic E-state index is -0.255. The highest BCUT2D eigenvalue weighted by molar-refractivity contribution is 7.13. The summed E-state index contributed by atoms with van der Waals surface area (Å²) in [5.41, 5.74) is 3.17. The molecule has 0 saturated heterocycles. The molecule has 1 fully saturated rings. The number of hydrogen-bond acceptors (Lipinski definition) is 7. The first kappa shape index (κ1) is 19.3. The van der Waals surface area contributed by atoms with E-state index in [1.807, 2.05) is 12.1 Å². The average Bonchev–Trinajstić information content (AvgIpc) is 3.27. The van der Waals surface area contributed by atoms with Gasteiger partial charge in [0.25, 0.3) is 5.91 Å². The smallest absolute Gasteiger partial charge is 0.259 e. The first-order valence-corrected chi connectivity index (χ1v) is 10.7. The second-order valence-electron chi connectivity index (χ2n) is 7.01. The summed E-state index contributed by atoms with van der Waals surface area (Å²) in [6, 6.07) is 11.7. The Morgan fingerprint density at radius 2 is 1.93 bits per heavy atom. The van der Waals surface area contributed by atoms with Crippen molar-refractivity contribution in [2.45, 2.75) is 44.8 Å². The minimum Gasteiger partial charge on any atom is -0.490 e. The van der Waals surface area contributed by atoms with Gasteiger partial charge in [0, 0.05) is 12.7 Å². The molecular formula is C21H23N5O2S. The summed E-state index contributed by atoms with van der Waals surface area (Å²) < 4.78 is 6.07. The number of ether oxygens (including phenoxy) is 1. The van der Waals surface area contributed by atoms with E-state index in [-0.39, 0.29) is 5.91 Å². The normalized spacial score (nSPS) is 14.3. The van der Waals surface area contributed by atoms with E-state index < -0.39 is 0 Å². The molecule has 150 valence electrons. The molecule has 3 aromatic rings. The minimum absolute atomic E-state index is 0.255. The van der Waals surface area contributed by atoms with E-state index in [9.17, 15) is 4.79 Å². The van der Waals surface area contributed by atoms with Crippen LogP contribution in [0.3, 0.4) is 0 Å². The maximum absolute atomic E-state index is 12.1. The zero-order valence-corrected chi connectivity index (χ0v) is 16.8. The van der Waals surface area contributed by atoms with Gasteiger partial charge in [0.15, 0.2) is 0 Å². The lowest BCUT2D eigenvalue weighted by molar-refractivity contribution is 0.102. The molecular weight excluding hydrogens is 386 g/mol. The number of nitrogens with one attached hydrogen (secondary N) is 2. The van der Waals surface area contributed by atoms with E-state index >= 15 is 0 Å². The van der Waals surface area contributed by atoms with Crippen molar-refractivity contribution in [2.75, 3.05) is 10.6 Å². The summed E-state index contributed by atoms with van der Waals surface area (Å²) >= 11 is 1.27. The van der Waals surface area contributed by atoms with Gasteiger partial charge in [0.1, 0.15) is 17.1 Å². The van der Waals surface area contributed by atoms with Gasteiger partial charge in [-0.1, -0.05) is 29.9 Å². The summed E-state index contributed by atoms with van der Waals surface area (Å²) in [5.74, 6) is 1.39. The van der Waals surface area contributed by atoms with Gasteiger partial charge in [-0.05, 0) is 55.5 Å². The number of nitrogens with zero attached hydrogens (tertiary/aromatic N) is 3. The third-order valence-electron chi connectivity index (χ3n) is 4.86. The lowest BCUT2D eigenvalue weighted by Gasteiger charge is -2.23. The van der Waals surface area contributed by atoms with Gasteiger partial charge >= 0.3 is 0 Å². The zero-order chi connectivity index (χ0) is 19.9. The van der Waals surface area contributed by atoms with Crippen LogP contribution in [0.5, 0.6) is 5.75 Å². The second-order valence-corrected chi connectivity index (χ2v) is 7.84. The van der Waals surface area contributed by atoms with Crippen molar-refractivity contribution in [1.29, 1.82) is 0 Å². The Morgan fingerprint density at radius 3 is 2.62 bits per heavy atom. The summed E-state index contributed by atoms with van der Waals surface area (Å²) in [5, 5.41) is 13.9. The molecule has 1 saturated carbocycles. The molecule has 1 aliphatic rings. The van der Waals surface area contributed by atoms with E-state index in [1.54, 1.807) is 23.8 Å². The number of carbonyl (C=O) groups is 1. The number of anilines is 2. The van der Waals surface area contributed by atoms with E-state index in [1.165, 1.54) is 30.6 Å². The molecule has 0 aliphatic heterocycles. The van der Waals surface area contributed by atoms with Gasteiger partial charge in [0.2, 0.25) is 5.13 Å². The zero-order valence-electron chi connectivity index (χ0n) is 16.0. The summed E-state index contributed by atoms with van der Waals surface area (Å²) in [6.45, 7) is 0.646. The maximum Gasteiger partial charge on any atom is 0.259 e. The fourth-order valence-electron chi connectivity index (χ4n) is 3.28. The Morgan fingerprint density at radius 1 is 1.10 bits per heavy atom. The van der Waals surface area contributed by atoms with Crippen molar-refractivity contribution >= 4 is 28.2 Å². The molecule has 1 aliphatic carbocycles. The average molecular weight is 410 g/mol. The lowest BCUT2D eigenvalue weighted by atomic mass is 9.98. The van der Waals surface area contributed by atoms with Crippen molar-refractivity contribution in [3.8, 4) is 5.75 Å². The molecule has 4 rings (SSSR count). The van der Waals surface area contributed by atoms with Crippen LogP contribution in [0, 0.1) is 0 Å². The number of aromatic nitrogens is 3. The van der Waals surface area contributed by atoms with E-state index in [4.69, 9.17) is 4.74 Å². The van der Waals surface area contributed by atoms with Crippen LogP contribution in [0.15, 0.2) is 48.1 Å². The molecule has 2 aromatic heterocycles. The SMILES string of the molecule is O=C(Nc1nncs1)c1ccc(NCc2ccc(OC3CCCCC3)cc2)nc1. The van der Waals surface area contributed by atoms with Gasteiger partial charge in [-0.15, -0.1) is 10.2 Å². The topological polar surface area (TPSA) is 89.0 Å². The highest BCUT2D eigenvalue weighted by Crippen LogP contribution is 2.23. The molecule has 7 nitrogen and oxygen atoms in total. The van der Waals surface area contributed by atoms with E-state index in [0.717, 1.165) is 24.2 Å². The third kappa shape index (κ3) is 5.51. The second kappa shape index (κ2) is 9.47. The van der Waals surface area contributed by atoms with Crippen LogP contribution in [-0.2, 0) is 6.54 Å². The predicted molar refractivity (Wildman–Crippen MR) is 113 cm³/mol. The van der Waals surface area contributed by atoms with Crippen molar-refractivity contribution < 1.29 is 9.53 Å². The summed E-state index contributed by atoms with van der Waals surface area (Å²) in [6.07, 6.45) is 8.07. The molecule has 1 amide bonds. The Bertz CT molecular complexity index is 907.